The molecule has 0 fully saturated rings. The van der Waals surface area contributed by atoms with Crippen LogP contribution in [-0.2, 0) is 4.79 Å². The molecule has 6 nitrogen and oxygen atoms in total. The third-order valence-electron chi connectivity index (χ3n) is 3.40. The maximum Gasteiger partial charge on any atom is 0.302 e. The van der Waals surface area contributed by atoms with Crippen molar-refractivity contribution >= 4 is 54.4 Å². The monoisotopic (exact) mass is 465 g/mol. The van der Waals surface area contributed by atoms with Gasteiger partial charge in [-0.15, -0.1) is 10.2 Å². The van der Waals surface area contributed by atoms with Gasteiger partial charge in [-0.3, -0.25) is 4.79 Å². The summed E-state index contributed by atoms with van der Waals surface area (Å²) in [6.07, 6.45) is 0. The van der Waals surface area contributed by atoms with E-state index in [-0.39, 0.29) is 18.2 Å². The SMILES string of the molecule is Cc1cc(Br)c(OCC(=O)N=Nc2c(O)[nH]c3ccccc23)c(Br)c1. The minimum atomic E-state index is -0.566. The number of aromatic nitrogens is 1. The zero-order chi connectivity index (χ0) is 18.0. The maximum atomic E-state index is 11.9. The quantitative estimate of drug-likeness (QED) is 0.505. The molecule has 2 aromatic carbocycles. The number of fused-ring (bicyclic) bond motifs is 1. The first-order valence-corrected chi connectivity index (χ1v) is 8.87. The summed E-state index contributed by atoms with van der Waals surface area (Å²) in [5.41, 5.74) is 1.98. The predicted molar refractivity (Wildman–Crippen MR) is 102 cm³/mol. The van der Waals surface area contributed by atoms with Crippen LogP contribution in [0.25, 0.3) is 10.9 Å². The molecule has 0 aliphatic carbocycles. The van der Waals surface area contributed by atoms with E-state index in [1.165, 1.54) is 0 Å². The smallest absolute Gasteiger partial charge is 0.302 e. The van der Waals surface area contributed by atoms with Gasteiger partial charge in [0.2, 0.25) is 5.88 Å². The van der Waals surface area contributed by atoms with Gasteiger partial charge in [0.05, 0.1) is 14.5 Å². The largest absolute Gasteiger partial charge is 0.493 e. The van der Waals surface area contributed by atoms with Crippen LogP contribution in [-0.4, -0.2) is 22.6 Å². The van der Waals surface area contributed by atoms with Gasteiger partial charge in [-0.2, -0.15) is 0 Å². The highest BCUT2D eigenvalue weighted by Crippen LogP contribution is 2.36. The van der Waals surface area contributed by atoms with E-state index >= 15 is 0 Å². The number of nitrogens with zero attached hydrogens (tertiary/aromatic N) is 2. The highest BCUT2D eigenvalue weighted by atomic mass is 79.9. The summed E-state index contributed by atoms with van der Waals surface area (Å²) in [5.74, 6) is -0.184. The van der Waals surface area contributed by atoms with E-state index in [9.17, 15) is 9.90 Å². The van der Waals surface area contributed by atoms with Crippen LogP contribution in [0.4, 0.5) is 5.69 Å². The molecule has 0 aliphatic heterocycles. The third-order valence-corrected chi connectivity index (χ3v) is 4.58. The Hall–Kier alpha value is -2.19. The zero-order valence-corrected chi connectivity index (χ0v) is 16.3. The molecule has 0 bridgehead atoms. The molecule has 25 heavy (non-hydrogen) atoms. The van der Waals surface area contributed by atoms with Crippen molar-refractivity contribution in [3.8, 4) is 11.6 Å². The molecule has 0 spiro atoms. The molecular weight excluding hydrogens is 454 g/mol. The number of benzene rings is 2. The number of amides is 1. The van der Waals surface area contributed by atoms with Gasteiger partial charge in [0, 0.05) is 5.39 Å². The molecule has 0 radical (unpaired) electrons. The molecule has 1 heterocycles. The number of aromatic amines is 1. The van der Waals surface area contributed by atoms with E-state index in [0.29, 0.717) is 16.7 Å². The van der Waals surface area contributed by atoms with E-state index in [2.05, 4.69) is 47.1 Å². The number of nitrogens with one attached hydrogen (secondary N) is 1. The van der Waals surface area contributed by atoms with E-state index in [0.717, 1.165) is 14.5 Å². The minimum Gasteiger partial charge on any atom is -0.493 e. The summed E-state index contributed by atoms with van der Waals surface area (Å²) < 4.78 is 6.97. The summed E-state index contributed by atoms with van der Waals surface area (Å²) >= 11 is 6.80. The molecule has 8 heteroatoms. The lowest BCUT2D eigenvalue weighted by atomic mass is 10.2. The summed E-state index contributed by atoms with van der Waals surface area (Å²) in [6, 6.07) is 11.0. The molecule has 1 aromatic heterocycles. The topological polar surface area (TPSA) is 87.0 Å². The molecule has 1 amide bonds. The molecule has 0 saturated heterocycles. The number of para-hydroxylation sites is 1. The van der Waals surface area contributed by atoms with Gasteiger partial charge in [-0.05, 0) is 62.5 Å². The van der Waals surface area contributed by atoms with E-state index in [1.807, 2.05) is 31.2 Å². The second-order valence-electron chi connectivity index (χ2n) is 5.31. The second-order valence-corrected chi connectivity index (χ2v) is 7.02. The number of hydrogen-bond acceptors (Lipinski definition) is 4. The van der Waals surface area contributed by atoms with Gasteiger partial charge in [-0.25, -0.2) is 0 Å². The van der Waals surface area contributed by atoms with Gasteiger partial charge in [0.1, 0.15) is 5.75 Å². The number of carbonyl (C=O) groups is 1. The van der Waals surface area contributed by atoms with Gasteiger partial charge in [0.15, 0.2) is 12.3 Å². The third kappa shape index (κ3) is 3.91. The number of ether oxygens (including phenoxy) is 1. The van der Waals surface area contributed by atoms with Crippen molar-refractivity contribution in [1.29, 1.82) is 0 Å². The van der Waals surface area contributed by atoms with Crippen LogP contribution >= 0.6 is 31.9 Å². The van der Waals surface area contributed by atoms with Crippen LogP contribution in [0.5, 0.6) is 11.6 Å². The standard InChI is InChI=1S/C17H13Br2N3O3/c1-9-6-11(18)16(12(19)7-9)25-8-14(23)21-22-15-10-4-2-3-5-13(10)20-17(15)24/h2-7,20,24H,8H2,1H3. The van der Waals surface area contributed by atoms with E-state index in [1.54, 1.807) is 12.1 Å². The number of rotatable bonds is 4. The van der Waals surface area contributed by atoms with Crippen molar-refractivity contribution in [1.82, 2.24) is 4.98 Å². The molecule has 0 unspecified atom stereocenters. The minimum absolute atomic E-state index is 0.136. The first-order valence-electron chi connectivity index (χ1n) is 7.28. The predicted octanol–water partition coefficient (Wildman–Crippen LogP) is 5.40. The number of halogens is 2. The first-order chi connectivity index (χ1) is 12.0. The zero-order valence-electron chi connectivity index (χ0n) is 13.1. The Morgan fingerprint density at radius 3 is 2.64 bits per heavy atom. The number of aryl methyl sites for hydroxylation is 1. The number of azo groups is 1. The van der Waals surface area contributed by atoms with Crippen LogP contribution in [0.3, 0.4) is 0 Å². The molecule has 0 atom stereocenters. The lowest BCUT2D eigenvalue weighted by Gasteiger charge is -2.09. The Morgan fingerprint density at radius 1 is 1.24 bits per heavy atom. The summed E-state index contributed by atoms with van der Waals surface area (Å²) in [4.78, 5) is 14.7. The van der Waals surface area contributed by atoms with Gasteiger partial charge in [0.25, 0.3) is 0 Å². The Kier molecular flexibility index (Phi) is 5.19. The summed E-state index contributed by atoms with van der Waals surface area (Å²) in [6.45, 7) is 1.68. The van der Waals surface area contributed by atoms with Gasteiger partial charge in [-0.1, -0.05) is 18.2 Å². The first kappa shape index (κ1) is 17.6. The highest BCUT2D eigenvalue weighted by molar-refractivity contribution is 9.11. The van der Waals surface area contributed by atoms with Crippen LogP contribution in [0, 0.1) is 6.92 Å². The van der Waals surface area contributed by atoms with Crippen molar-refractivity contribution in [3.63, 3.8) is 0 Å². The average molecular weight is 467 g/mol. The Morgan fingerprint density at radius 2 is 1.92 bits per heavy atom. The summed E-state index contributed by atoms with van der Waals surface area (Å²) in [7, 11) is 0. The number of carbonyl (C=O) groups excluding carboxylic acids is 1. The van der Waals surface area contributed by atoms with Crippen molar-refractivity contribution in [2.75, 3.05) is 6.61 Å². The van der Waals surface area contributed by atoms with E-state index in [4.69, 9.17) is 4.74 Å². The highest BCUT2D eigenvalue weighted by Gasteiger charge is 2.12. The van der Waals surface area contributed by atoms with Gasteiger partial charge >= 0.3 is 5.91 Å². The van der Waals surface area contributed by atoms with E-state index < -0.39 is 5.91 Å². The van der Waals surface area contributed by atoms with Crippen molar-refractivity contribution in [3.05, 3.63) is 50.9 Å². The molecule has 2 N–H and O–H groups in total. The van der Waals surface area contributed by atoms with Crippen molar-refractivity contribution < 1.29 is 14.6 Å². The van der Waals surface area contributed by atoms with Crippen LogP contribution in [0.1, 0.15) is 5.56 Å². The Labute approximate surface area is 160 Å². The van der Waals surface area contributed by atoms with Crippen LogP contribution in [0.2, 0.25) is 0 Å². The molecule has 0 saturated carbocycles. The van der Waals surface area contributed by atoms with Gasteiger partial charge < -0.3 is 14.8 Å². The lowest BCUT2D eigenvalue weighted by molar-refractivity contribution is -0.120. The molecule has 0 aliphatic rings. The van der Waals surface area contributed by atoms with Crippen LogP contribution in [0.15, 0.2) is 55.6 Å². The van der Waals surface area contributed by atoms with Crippen LogP contribution < -0.4 is 4.74 Å². The number of hydrogen-bond donors (Lipinski definition) is 2. The average Bonchev–Trinajstić information content (AvgIpc) is 2.87. The fourth-order valence-electron chi connectivity index (χ4n) is 2.31. The van der Waals surface area contributed by atoms with Crippen molar-refractivity contribution in [2.45, 2.75) is 6.92 Å². The fraction of sp³-hybridized carbons (Fsp3) is 0.118. The Bertz CT molecular complexity index is 959. The summed E-state index contributed by atoms with van der Waals surface area (Å²) in [5, 5.41) is 18.0. The lowest BCUT2D eigenvalue weighted by Crippen LogP contribution is -2.08. The number of H-pyrrole nitrogens is 1. The Balaban J connectivity index is 1.72. The molecule has 128 valence electrons. The number of aromatic hydroxyl groups is 1. The fourth-order valence-corrected chi connectivity index (χ4v) is 3.95. The van der Waals surface area contributed by atoms with Crippen molar-refractivity contribution in [2.24, 2.45) is 10.2 Å². The molecule has 3 aromatic rings. The maximum absolute atomic E-state index is 11.9. The normalized spacial score (nSPS) is 11.3. The second kappa shape index (κ2) is 7.37. The molecule has 3 rings (SSSR count). The molecular formula is C17H13Br2N3O3.